The van der Waals surface area contributed by atoms with Gasteiger partial charge in [-0.25, -0.2) is 0 Å². The van der Waals surface area contributed by atoms with E-state index >= 15 is 0 Å². The number of allylic oxidation sites excluding steroid dienone is 2. The van der Waals surface area contributed by atoms with Crippen LogP contribution in [-0.4, -0.2) is 5.78 Å². The lowest BCUT2D eigenvalue weighted by atomic mass is 9.98. The zero-order chi connectivity index (χ0) is 10.7. The lowest BCUT2D eigenvalue weighted by Gasteiger charge is -2.07. The summed E-state index contributed by atoms with van der Waals surface area (Å²) in [7, 11) is 0. The first-order valence-corrected chi connectivity index (χ1v) is 5.50. The van der Waals surface area contributed by atoms with Crippen LogP contribution < -0.4 is 0 Å². The van der Waals surface area contributed by atoms with Crippen LogP contribution in [-0.2, 0) is 17.6 Å². The third kappa shape index (κ3) is 2.56. The first-order valence-electron chi connectivity index (χ1n) is 5.50. The fraction of sp³-hybridized carbons (Fsp3) is 0.357. The number of rotatable bonds is 0. The summed E-state index contributed by atoms with van der Waals surface area (Å²) in [5.74, 6) is 0.355. The number of carbonyl (C=O) groups excluding carboxylic acids is 1. The molecule has 0 aromatic heterocycles. The van der Waals surface area contributed by atoms with E-state index in [-0.39, 0.29) is 0 Å². The molecule has 0 fully saturated rings. The second-order valence-corrected chi connectivity index (χ2v) is 4.25. The van der Waals surface area contributed by atoms with E-state index in [1.807, 2.05) is 6.07 Å². The van der Waals surface area contributed by atoms with Crippen LogP contribution in [0.2, 0.25) is 0 Å². The summed E-state index contributed by atoms with van der Waals surface area (Å²) in [6.07, 6.45) is 5.38. The Morgan fingerprint density at radius 3 is 2.47 bits per heavy atom. The molecule has 0 saturated heterocycles. The van der Waals surface area contributed by atoms with Gasteiger partial charge in [-0.2, -0.15) is 0 Å². The number of benzene rings is 1. The van der Waals surface area contributed by atoms with Gasteiger partial charge in [0.1, 0.15) is 5.78 Å². The zero-order valence-electron chi connectivity index (χ0n) is 9.12. The minimum atomic E-state index is 0.355. The minimum absolute atomic E-state index is 0.355. The molecule has 78 valence electrons. The van der Waals surface area contributed by atoms with E-state index in [0.29, 0.717) is 18.6 Å². The van der Waals surface area contributed by atoms with Gasteiger partial charge in [-0.15, -0.1) is 0 Å². The van der Waals surface area contributed by atoms with Gasteiger partial charge < -0.3 is 0 Å². The first kappa shape index (κ1) is 10.2. The summed E-state index contributed by atoms with van der Waals surface area (Å²) in [6.45, 7) is 2.15. The molecule has 0 unspecified atom stereocenters. The van der Waals surface area contributed by atoms with Crippen molar-refractivity contribution in [1.82, 2.24) is 0 Å². The van der Waals surface area contributed by atoms with Gasteiger partial charge in [0, 0.05) is 12.8 Å². The summed E-state index contributed by atoms with van der Waals surface area (Å²) in [5.41, 5.74) is 3.89. The van der Waals surface area contributed by atoms with Gasteiger partial charge in [-0.3, -0.25) is 4.79 Å². The normalized spacial score (nSPS) is 20.6. The molecule has 0 aliphatic heterocycles. The largest absolute Gasteiger partial charge is 0.299 e. The summed E-state index contributed by atoms with van der Waals surface area (Å²) in [6, 6.07) is 8.27. The standard InChI is InChI=1S/C14H16O/c1-11-5-4-8-14(15)10-13-7-3-2-6-12(13)9-11/h2-3,5-7H,4,8-10H2,1H3/b11-5-. The second-order valence-electron chi connectivity index (χ2n) is 4.25. The molecule has 1 aromatic rings. The quantitative estimate of drug-likeness (QED) is 0.588. The second kappa shape index (κ2) is 4.43. The molecule has 0 N–H and O–H groups in total. The van der Waals surface area contributed by atoms with Crippen LogP contribution in [0.5, 0.6) is 0 Å². The van der Waals surface area contributed by atoms with E-state index in [2.05, 4.69) is 31.2 Å². The number of hydrogen-bond donors (Lipinski definition) is 0. The smallest absolute Gasteiger partial charge is 0.137 e. The summed E-state index contributed by atoms with van der Waals surface area (Å²) < 4.78 is 0. The Morgan fingerprint density at radius 2 is 1.73 bits per heavy atom. The van der Waals surface area contributed by atoms with E-state index in [1.165, 1.54) is 16.7 Å². The lowest BCUT2D eigenvalue weighted by Crippen LogP contribution is -2.03. The Balaban J connectivity index is 2.36. The molecule has 1 aliphatic rings. The molecule has 1 nitrogen and oxygen atoms in total. The average Bonchev–Trinajstić information content (AvgIpc) is 2.26. The maximum Gasteiger partial charge on any atom is 0.137 e. The third-order valence-electron chi connectivity index (χ3n) is 2.89. The molecule has 1 heteroatoms. The molecule has 0 spiro atoms. The highest BCUT2D eigenvalue weighted by Gasteiger charge is 2.09. The molecule has 0 heterocycles. The number of carbonyl (C=O) groups is 1. The number of ketones is 1. The van der Waals surface area contributed by atoms with Gasteiger partial charge in [0.25, 0.3) is 0 Å². The summed E-state index contributed by atoms with van der Waals surface area (Å²) in [5, 5.41) is 0. The Morgan fingerprint density at radius 1 is 1.07 bits per heavy atom. The van der Waals surface area contributed by atoms with Crippen LogP contribution in [0.3, 0.4) is 0 Å². The Labute approximate surface area is 90.8 Å². The van der Waals surface area contributed by atoms with Crippen LogP contribution in [0.25, 0.3) is 0 Å². The van der Waals surface area contributed by atoms with Crippen LogP contribution in [0.4, 0.5) is 0 Å². The van der Waals surface area contributed by atoms with Crippen LogP contribution in [0.15, 0.2) is 35.9 Å². The minimum Gasteiger partial charge on any atom is -0.299 e. The molecule has 15 heavy (non-hydrogen) atoms. The summed E-state index contributed by atoms with van der Waals surface area (Å²) in [4.78, 5) is 11.6. The lowest BCUT2D eigenvalue weighted by molar-refractivity contribution is -0.118. The van der Waals surface area contributed by atoms with Gasteiger partial charge in [0.2, 0.25) is 0 Å². The van der Waals surface area contributed by atoms with E-state index in [1.54, 1.807) is 0 Å². The summed E-state index contributed by atoms with van der Waals surface area (Å²) >= 11 is 0. The topological polar surface area (TPSA) is 17.1 Å². The predicted octanol–water partition coefficient (Wildman–Crippen LogP) is 3.08. The molecule has 2 rings (SSSR count). The first-order chi connectivity index (χ1) is 7.25. The van der Waals surface area contributed by atoms with Crippen molar-refractivity contribution in [2.24, 2.45) is 0 Å². The van der Waals surface area contributed by atoms with Gasteiger partial charge in [-0.1, -0.05) is 35.9 Å². The molecular formula is C14H16O. The fourth-order valence-corrected chi connectivity index (χ4v) is 2.06. The molecule has 1 aliphatic carbocycles. The van der Waals surface area contributed by atoms with Gasteiger partial charge in [0.05, 0.1) is 0 Å². The molecule has 0 amide bonds. The zero-order valence-corrected chi connectivity index (χ0v) is 9.12. The van der Waals surface area contributed by atoms with Crippen LogP contribution >= 0.6 is 0 Å². The Kier molecular flexibility index (Phi) is 3.00. The Hall–Kier alpha value is -1.37. The maximum absolute atomic E-state index is 11.6. The van der Waals surface area contributed by atoms with E-state index in [0.717, 1.165) is 12.8 Å². The Bertz CT molecular complexity index is 402. The molecular weight excluding hydrogens is 184 g/mol. The molecule has 0 bridgehead atoms. The highest BCUT2D eigenvalue weighted by Crippen LogP contribution is 2.18. The fourth-order valence-electron chi connectivity index (χ4n) is 2.06. The van der Waals surface area contributed by atoms with Crippen molar-refractivity contribution < 1.29 is 4.79 Å². The van der Waals surface area contributed by atoms with Crippen LogP contribution in [0, 0.1) is 0 Å². The molecule has 0 radical (unpaired) electrons. The highest BCUT2D eigenvalue weighted by molar-refractivity contribution is 5.81. The third-order valence-corrected chi connectivity index (χ3v) is 2.89. The van der Waals surface area contributed by atoms with Crippen molar-refractivity contribution in [3.8, 4) is 0 Å². The van der Waals surface area contributed by atoms with Crippen LogP contribution in [0.1, 0.15) is 30.9 Å². The molecule has 0 saturated carbocycles. The van der Waals surface area contributed by atoms with E-state index in [9.17, 15) is 4.79 Å². The van der Waals surface area contributed by atoms with Crippen molar-refractivity contribution in [2.45, 2.75) is 32.6 Å². The number of fused-ring (bicyclic) bond motifs is 1. The van der Waals surface area contributed by atoms with Gasteiger partial charge >= 0.3 is 0 Å². The van der Waals surface area contributed by atoms with E-state index < -0.39 is 0 Å². The van der Waals surface area contributed by atoms with Crippen molar-refractivity contribution in [2.75, 3.05) is 0 Å². The SMILES string of the molecule is C/C1=C/CCC(=O)Cc2ccccc2C1. The van der Waals surface area contributed by atoms with Crippen molar-refractivity contribution in [3.05, 3.63) is 47.0 Å². The molecule has 1 aromatic carbocycles. The van der Waals surface area contributed by atoms with Gasteiger partial charge in [0.15, 0.2) is 0 Å². The maximum atomic E-state index is 11.6. The predicted molar refractivity (Wildman–Crippen MR) is 61.8 cm³/mol. The van der Waals surface area contributed by atoms with E-state index in [4.69, 9.17) is 0 Å². The van der Waals surface area contributed by atoms with Crippen molar-refractivity contribution >= 4 is 5.78 Å². The highest BCUT2D eigenvalue weighted by atomic mass is 16.1. The van der Waals surface area contributed by atoms with Crippen molar-refractivity contribution in [1.29, 1.82) is 0 Å². The van der Waals surface area contributed by atoms with Crippen molar-refractivity contribution in [3.63, 3.8) is 0 Å². The number of hydrogen-bond acceptors (Lipinski definition) is 1. The molecule has 0 atom stereocenters. The monoisotopic (exact) mass is 200 g/mol. The average molecular weight is 200 g/mol. The van der Waals surface area contributed by atoms with Gasteiger partial charge in [-0.05, 0) is 30.9 Å². The number of Topliss-reactive ketones (excluding diaryl/α,β-unsaturated/α-hetero) is 1.